The first kappa shape index (κ1) is 19.6. The molecule has 4 aromatic rings. The number of carbonyl (C=O) groups is 1. The summed E-state index contributed by atoms with van der Waals surface area (Å²) in [6.07, 6.45) is 0. The number of carbonyl (C=O) groups excluding carboxylic acids is 1. The first-order valence-corrected chi connectivity index (χ1v) is 9.43. The Bertz CT molecular complexity index is 1260. The first-order chi connectivity index (χ1) is 14.3. The van der Waals surface area contributed by atoms with Crippen molar-refractivity contribution in [3.63, 3.8) is 0 Å². The number of nitro benzene ring substituents is 1. The van der Waals surface area contributed by atoms with Gasteiger partial charge in [0.1, 0.15) is 5.52 Å². The highest BCUT2D eigenvalue weighted by Crippen LogP contribution is 2.31. The number of anilines is 1. The molecule has 3 aromatic carbocycles. The Morgan fingerprint density at radius 3 is 2.47 bits per heavy atom. The fourth-order valence-electron chi connectivity index (χ4n) is 2.99. The predicted octanol–water partition coefficient (Wildman–Crippen LogP) is 5.93. The van der Waals surface area contributed by atoms with Crippen molar-refractivity contribution in [3.8, 4) is 11.5 Å². The van der Waals surface area contributed by atoms with E-state index in [4.69, 9.17) is 16.0 Å². The zero-order chi connectivity index (χ0) is 21.4. The van der Waals surface area contributed by atoms with Crippen LogP contribution < -0.4 is 5.32 Å². The van der Waals surface area contributed by atoms with Gasteiger partial charge in [-0.05, 0) is 67.4 Å². The lowest BCUT2D eigenvalue weighted by atomic mass is 10.1. The number of amides is 1. The van der Waals surface area contributed by atoms with Gasteiger partial charge >= 0.3 is 0 Å². The van der Waals surface area contributed by atoms with Gasteiger partial charge in [0.2, 0.25) is 5.89 Å². The molecule has 0 saturated carbocycles. The number of benzene rings is 3. The van der Waals surface area contributed by atoms with Crippen LogP contribution in [-0.2, 0) is 0 Å². The summed E-state index contributed by atoms with van der Waals surface area (Å²) in [5.41, 5.74) is 4.88. The smallest absolute Gasteiger partial charge is 0.269 e. The Balaban J connectivity index is 1.63. The highest BCUT2D eigenvalue weighted by atomic mass is 35.5. The van der Waals surface area contributed by atoms with Crippen molar-refractivity contribution in [1.29, 1.82) is 0 Å². The zero-order valence-electron chi connectivity index (χ0n) is 16.1. The van der Waals surface area contributed by atoms with E-state index in [-0.39, 0.29) is 11.3 Å². The summed E-state index contributed by atoms with van der Waals surface area (Å²) in [6, 6.07) is 14.3. The number of nitrogens with zero attached hydrogens (tertiary/aromatic N) is 2. The summed E-state index contributed by atoms with van der Waals surface area (Å²) < 4.78 is 5.88. The Morgan fingerprint density at radius 2 is 1.77 bits per heavy atom. The van der Waals surface area contributed by atoms with Crippen molar-refractivity contribution >= 4 is 40.0 Å². The molecule has 0 fully saturated rings. The molecular weight excluding hydrogens is 406 g/mol. The molecule has 1 amide bonds. The van der Waals surface area contributed by atoms with Crippen LogP contribution in [-0.4, -0.2) is 15.8 Å². The predicted molar refractivity (Wildman–Crippen MR) is 115 cm³/mol. The van der Waals surface area contributed by atoms with E-state index >= 15 is 0 Å². The highest BCUT2D eigenvalue weighted by molar-refractivity contribution is 6.34. The maximum Gasteiger partial charge on any atom is 0.269 e. The molecule has 7 nitrogen and oxygen atoms in total. The number of oxazole rings is 1. The van der Waals surface area contributed by atoms with Gasteiger partial charge in [-0.2, -0.15) is 0 Å². The van der Waals surface area contributed by atoms with Crippen molar-refractivity contribution in [1.82, 2.24) is 4.98 Å². The summed E-state index contributed by atoms with van der Waals surface area (Å²) in [5.74, 6) is -0.0229. The maximum absolute atomic E-state index is 12.5. The largest absolute Gasteiger partial charge is 0.436 e. The van der Waals surface area contributed by atoms with E-state index in [9.17, 15) is 14.9 Å². The summed E-state index contributed by atoms with van der Waals surface area (Å²) in [6.45, 7) is 4.02. The Labute approximate surface area is 176 Å². The highest BCUT2D eigenvalue weighted by Gasteiger charge is 2.15. The number of nitrogens with one attached hydrogen (secondary N) is 1. The van der Waals surface area contributed by atoms with Gasteiger partial charge in [0.15, 0.2) is 5.58 Å². The van der Waals surface area contributed by atoms with Gasteiger partial charge < -0.3 is 9.73 Å². The summed E-state index contributed by atoms with van der Waals surface area (Å²) >= 11 is 6.25. The van der Waals surface area contributed by atoms with Gasteiger partial charge in [0, 0.05) is 23.3 Å². The summed E-state index contributed by atoms with van der Waals surface area (Å²) in [4.78, 5) is 27.3. The number of non-ortho nitro benzene ring substituents is 1. The van der Waals surface area contributed by atoms with Gasteiger partial charge in [0.25, 0.3) is 11.6 Å². The average molecular weight is 422 g/mol. The summed E-state index contributed by atoms with van der Waals surface area (Å²) in [7, 11) is 0. The Morgan fingerprint density at radius 1 is 1.07 bits per heavy atom. The molecule has 0 spiro atoms. The van der Waals surface area contributed by atoms with Gasteiger partial charge in [0.05, 0.1) is 15.6 Å². The third kappa shape index (κ3) is 3.75. The van der Waals surface area contributed by atoms with Crippen LogP contribution in [0.5, 0.6) is 0 Å². The topological polar surface area (TPSA) is 98.3 Å². The number of rotatable bonds is 4. The average Bonchev–Trinajstić information content (AvgIpc) is 3.12. The molecule has 8 heteroatoms. The molecule has 150 valence electrons. The minimum Gasteiger partial charge on any atom is -0.436 e. The fraction of sp³-hybridized carbons (Fsp3) is 0.0909. The van der Waals surface area contributed by atoms with E-state index in [1.165, 1.54) is 24.3 Å². The third-order valence-corrected chi connectivity index (χ3v) is 5.14. The van der Waals surface area contributed by atoms with E-state index in [0.717, 1.165) is 16.6 Å². The van der Waals surface area contributed by atoms with Crippen molar-refractivity contribution in [3.05, 3.63) is 86.4 Å². The standard InChI is InChI=1S/C22H16ClN3O4/c1-12-9-19-20(10-13(12)2)30-22(25-19)15-5-8-17(23)18(11-15)24-21(27)14-3-6-16(7-4-14)26(28)29/h3-11H,1-2H3,(H,24,27). The molecule has 0 saturated heterocycles. The van der Waals surface area contributed by atoms with Crippen LogP contribution in [0.15, 0.2) is 59.0 Å². The van der Waals surface area contributed by atoms with E-state index in [1.807, 2.05) is 26.0 Å². The van der Waals surface area contributed by atoms with Crippen molar-refractivity contribution in [2.75, 3.05) is 5.32 Å². The number of fused-ring (bicyclic) bond motifs is 1. The van der Waals surface area contributed by atoms with Crippen LogP contribution in [0, 0.1) is 24.0 Å². The first-order valence-electron chi connectivity index (χ1n) is 9.05. The van der Waals surface area contributed by atoms with Crippen LogP contribution in [0.1, 0.15) is 21.5 Å². The van der Waals surface area contributed by atoms with Crippen LogP contribution in [0.4, 0.5) is 11.4 Å². The maximum atomic E-state index is 12.5. The number of hydrogen-bond acceptors (Lipinski definition) is 5. The van der Waals surface area contributed by atoms with Gasteiger partial charge in [-0.15, -0.1) is 0 Å². The normalized spacial score (nSPS) is 10.9. The molecule has 30 heavy (non-hydrogen) atoms. The molecule has 0 radical (unpaired) electrons. The van der Waals surface area contributed by atoms with Crippen molar-refractivity contribution in [2.45, 2.75) is 13.8 Å². The molecule has 0 bridgehead atoms. The molecule has 1 aromatic heterocycles. The molecule has 0 atom stereocenters. The van der Waals surface area contributed by atoms with Crippen LogP contribution in [0.25, 0.3) is 22.6 Å². The molecule has 1 heterocycles. The fourth-order valence-corrected chi connectivity index (χ4v) is 3.15. The second kappa shape index (κ2) is 7.61. The van der Waals surface area contributed by atoms with Crippen LogP contribution in [0.2, 0.25) is 5.02 Å². The van der Waals surface area contributed by atoms with Gasteiger partial charge in [-0.1, -0.05) is 11.6 Å². The monoisotopic (exact) mass is 421 g/mol. The number of hydrogen-bond donors (Lipinski definition) is 1. The van der Waals surface area contributed by atoms with Crippen LogP contribution in [0.3, 0.4) is 0 Å². The van der Waals surface area contributed by atoms with E-state index in [1.54, 1.807) is 18.2 Å². The molecule has 0 aliphatic carbocycles. The second-order valence-corrected chi connectivity index (χ2v) is 7.28. The second-order valence-electron chi connectivity index (χ2n) is 6.88. The molecule has 4 rings (SSSR count). The minimum absolute atomic E-state index is 0.0898. The lowest BCUT2D eigenvalue weighted by Gasteiger charge is -2.08. The number of aromatic nitrogens is 1. The van der Waals surface area contributed by atoms with E-state index in [0.29, 0.717) is 27.7 Å². The molecule has 0 aliphatic heterocycles. The number of halogens is 1. The SMILES string of the molecule is Cc1cc2nc(-c3ccc(Cl)c(NC(=O)c4ccc([N+](=O)[O-])cc4)c3)oc2cc1C. The van der Waals surface area contributed by atoms with E-state index in [2.05, 4.69) is 10.3 Å². The third-order valence-electron chi connectivity index (χ3n) is 4.81. The molecule has 1 N–H and O–H groups in total. The molecule has 0 aliphatic rings. The lowest BCUT2D eigenvalue weighted by molar-refractivity contribution is -0.384. The quantitative estimate of drug-likeness (QED) is 0.325. The van der Waals surface area contributed by atoms with Crippen molar-refractivity contribution in [2.24, 2.45) is 0 Å². The zero-order valence-corrected chi connectivity index (χ0v) is 16.9. The summed E-state index contributed by atoms with van der Waals surface area (Å²) in [5, 5.41) is 13.8. The Hall–Kier alpha value is -3.71. The van der Waals surface area contributed by atoms with Gasteiger partial charge in [-0.25, -0.2) is 4.98 Å². The minimum atomic E-state index is -0.522. The lowest BCUT2D eigenvalue weighted by Crippen LogP contribution is -2.12. The van der Waals surface area contributed by atoms with Crippen LogP contribution >= 0.6 is 11.6 Å². The number of nitro groups is 1. The van der Waals surface area contributed by atoms with Crippen molar-refractivity contribution < 1.29 is 14.1 Å². The van der Waals surface area contributed by atoms with Gasteiger partial charge in [-0.3, -0.25) is 14.9 Å². The molecule has 0 unspecified atom stereocenters. The number of aryl methyl sites for hydroxylation is 2. The Kier molecular flexibility index (Phi) is 4.97. The van der Waals surface area contributed by atoms with E-state index < -0.39 is 10.8 Å². The molecular formula is C22H16ClN3O4.